The minimum absolute atomic E-state index is 0.0311. The zero-order valence-corrected chi connectivity index (χ0v) is 12.3. The molecule has 0 aliphatic heterocycles. The van der Waals surface area contributed by atoms with Crippen LogP contribution in [0.5, 0.6) is 0 Å². The van der Waals surface area contributed by atoms with Crippen LogP contribution in [0.2, 0.25) is 5.02 Å². The Kier molecular flexibility index (Phi) is 3.52. The molecule has 3 nitrogen and oxygen atoms in total. The Balaban J connectivity index is 2.34. The molecule has 1 aliphatic rings. The van der Waals surface area contributed by atoms with E-state index in [1.165, 1.54) is 0 Å². The van der Waals surface area contributed by atoms with Gasteiger partial charge in [-0.05, 0) is 42.4 Å². The summed E-state index contributed by atoms with van der Waals surface area (Å²) in [5, 5.41) is 13.5. The van der Waals surface area contributed by atoms with Crippen molar-refractivity contribution in [1.29, 1.82) is 0 Å². The van der Waals surface area contributed by atoms with Crippen molar-refractivity contribution >= 4 is 23.3 Å². The second-order valence-electron chi connectivity index (χ2n) is 6.36. The van der Waals surface area contributed by atoms with Gasteiger partial charge in [-0.1, -0.05) is 38.4 Å². The smallest absolute Gasteiger partial charge is 0.329 e. The lowest BCUT2D eigenvalue weighted by atomic mass is 9.86. The molecule has 2 rings (SSSR count). The van der Waals surface area contributed by atoms with E-state index in [9.17, 15) is 9.90 Å². The van der Waals surface area contributed by atoms with E-state index in [0.717, 1.165) is 12.1 Å². The Morgan fingerprint density at radius 2 is 2.16 bits per heavy atom. The first-order chi connectivity index (χ1) is 8.75. The molecule has 104 valence electrons. The second kappa shape index (κ2) is 4.71. The van der Waals surface area contributed by atoms with Crippen LogP contribution in [0.4, 0.5) is 5.69 Å². The molecule has 2 atom stereocenters. The summed E-state index contributed by atoms with van der Waals surface area (Å²) in [5.74, 6) is -0.718. The molecular weight excluding hydrogens is 262 g/mol. The standard InChI is InChI=1S/C15H20ClNO2/c1-10-8-14(2,3)9-15(10,13(18)19)17-12-6-4-5-11(16)7-12/h4-7,10,17H,8-9H2,1-3H3,(H,18,19). The summed E-state index contributed by atoms with van der Waals surface area (Å²) in [6.45, 7) is 6.24. The highest BCUT2D eigenvalue weighted by Crippen LogP contribution is 2.49. The van der Waals surface area contributed by atoms with Crippen LogP contribution in [-0.4, -0.2) is 16.6 Å². The number of aliphatic carboxylic acids is 1. The van der Waals surface area contributed by atoms with Crippen LogP contribution in [-0.2, 0) is 4.79 Å². The molecule has 0 saturated heterocycles. The summed E-state index contributed by atoms with van der Waals surface area (Å²) in [4.78, 5) is 11.8. The lowest BCUT2D eigenvalue weighted by Gasteiger charge is -2.32. The van der Waals surface area contributed by atoms with Crippen LogP contribution in [0.3, 0.4) is 0 Å². The van der Waals surface area contributed by atoms with E-state index in [-0.39, 0.29) is 11.3 Å². The highest BCUT2D eigenvalue weighted by Gasteiger charge is 2.53. The van der Waals surface area contributed by atoms with Gasteiger partial charge in [0.05, 0.1) is 0 Å². The SMILES string of the molecule is CC1CC(C)(C)CC1(Nc1cccc(Cl)c1)C(=O)O. The average Bonchev–Trinajstić information content (AvgIpc) is 2.49. The van der Waals surface area contributed by atoms with Crippen molar-refractivity contribution < 1.29 is 9.90 Å². The first-order valence-electron chi connectivity index (χ1n) is 6.52. The van der Waals surface area contributed by atoms with E-state index < -0.39 is 11.5 Å². The van der Waals surface area contributed by atoms with Crippen LogP contribution in [0.1, 0.15) is 33.6 Å². The molecule has 2 unspecified atom stereocenters. The zero-order chi connectivity index (χ0) is 14.3. The van der Waals surface area contributed by atoms with Crippen LogP contribution in [0.25, 0.3) is 0 Å². The van der Waals surface area contributed by atoms with Crippen molar-refractivity contribution in [2.45, 2.75) is 39.2 Å². The summed E-state index contributed by atoms with van der Waals surface area (Å²) in [5.41, 5.74) is -0.114. The normalized spacial score (nSPS) is 29.2. The van der Waals surface area contributed by atoms with Crippen molar-refractivity contribution in [3.63, 3.8) is 0 Å². The third-order valence-electron chi connectivity index (χ3n) is 4.03. The van der Waals surface area contributed by atoms with Gasteiger partial charge in [0.2, 0.25) is 0 Å². The van der Waals surface area contributed by atoms with Gasteiger partial charge in [0.1, 0.15) is 5.54 Å². The number of nitrogens with one attached hydrogen (secondary N) is 1. The first kappa shape index (κ1) is 14.2. The van der Waals surface area contributed by atoms with Gasteiger partial charge in [0.15, 0.2) is 0 Å². The monoisotopic (exact) mass is 281 g/mol. The van der Waals surface area contributed by atoms with E-state index in [1.807, 2.05) is 19.1 Å². The summed E-state index contributed by atoms with van der Waals surface area (Å²) in [7, 11) is 0. The number of benzene rings is 1. The summed E-state index contributed by atoms with van der Waals surface area (Å²) in [6, 6.07) is 7.23. The van der Waals surface area contributed by atoms with Crippen molar-refractivity contribution in [2.75, 3.05) is 5.32 Å². The Hall–Kier alpha value is -1.22. The molecule has 0 heterocycles. The zero-order valence-electron chi connectivity index (χ0n) is 11.5. The molecule has 0 spiro atoms. The molecule has 1 aromatic rings. The second-order valence-corrected chi connectivity index (χ2v) is 6.79. The number of carboxylic acid groups (broad SMARTS) is 1. The van der Waals surface area contributed by atoms with Gasteiger partial charge < -0.3 is 10.4 Å². The van der Waals surface area contributed by atoms with Crippen molar-refractivity contribution in [1.82, 2.24) is 0 Å². The molecule has 1 aromatic carbocycles. The average molecular weight is 282 g/mol. The Bertz CT molecular complexity index is 501. The van der Waals surface area contributed by atoms with Crippen LogP contribution >= 0.6 is 11.6 Å². The summed E-state index contributed by atoms with van der Waals surface area (Å²) >= 11 is 5.96. The molecule has 19 heavy (non-hydrogen) atoms. The predicted molar refractivity (Wildman–Crippen MR) is 77.6 cm³/mol. The maximum Gasteiger partial charge on any atom is 0.329 e. The summed E-state index contributed by atoms with van der Waals surface area (Å²) in [6.07, 6.45) is 1.51. The first-order valence-corrected chi connectivity index (χ1v) is 6.90. The van der Waals surface area contributed by atoms with Crippen molar-refractivity contribution in [3.05, 3.63) is 29.3 Å². The molecular formula is C15H20ClNO2. The third-order valence-corrected chi connectivity index (χ3v) is 4.27. The Morgan fingerprint density at radius 3 is 2.63 bits per heavy atom. The van der Waals surface area contributed by atoms with Gasteiger partial charge in [-0.25, -0.2) is 4.79 Å². The lowest BCUT2D eigenvalue weighted by molar-refractivity contribution is -0.143. The Morgan fingerprint density at radius 1 is 1.47 bits per heavy atom. The van der Waals surface area contributed by atoms with Gasteiger partial charge in [-0.3, -0.25) is 0 Å². The topological polar surface area (TPSA) is 49.3 Å². The largest absolute Gasteiger partial charge is 0.479 e. The molecule has 0 aromatic heterocycles. The van der Waals surface area contributed by atoms with E-state index in [0.29, 0.717) is 11.4 Å². The number of hydrogen-bond donors (Lipinski definition) is 2. The molecule has 4 heteroatoms. The number of hydrogen-bond acceptors (Lipinski definition) is 2. The predicted octanol–water partition coefficient (Wildman–Crippen LogP) is 4.03. The highest BCUT2D eigenvalue weighted by molar-refractivity contribution is 6.30. The number of halogens is 1. The molecule has 1 saturated carbocycles. The van der Waals surface area contributed by atoms with E-state index in [1.54, 1.807) is 12.1 Å². The number of carboxylic acids is 1. The molecule has 0 bridgehead atoms. The summed E-state index contributed by atoms with van der Waals surface area (Å²) < 4.78 is 0. The van der Waals surface area contributed by atoms with Crippen LogP contribution in [0.15, 0.2) is 24.3 Å². The van der Waals surface area contributed by atoms with Gasteiger partial charge in [-0.15, -0.1) is 0 Å². The molecule has 2 N–H and O–H groups in total. The fourth-order valence-electron chi connectivity index (χ4n) is 3.34. The fraction of sp³-hybridized carbons (Fsp3) is 0.533. The molecule has 1 aliphatic carbocycles. The maximum absolute atomic E-state index is 11.8. The number of rotatable bonds is 3. The van der Waals surface area contributed by atoms with Crippen molar-refractivity contribution in [3.8, 4) is 0 Å². The quantitative estimate of drug-likeness (QED) is 0.879. The highest BCUT2D eigenvalue weighted by atomic mass is 35.5. The minimum atomic E-state index is -0.909. The lowest BCUT2D eigenvalue weighted by Crippen LogP contribution is -2.49. The van der Waals surface area contributed by atoms with Crippen LogP contribution in [0, 0.1) is 11.3 Å². The van der Waals surface area contributed by atoms with Gasteiger partial charge in [-0.2, -0.15) is 0 Å². The van der Waals surface area contributed by atoms with E-state index in [2.05, 4.69) is 19.2 Å². The van der Waals surface area contributed by atoms with Gasteiger partial charge >= 0.3 is 5.97 Å². The van der Waals surface area contributed by atoms with Crippen molar-refractivity contribution in [2.24, 2.45) is 11.3 Å². The molecule has 0 radical (unpaired) electrons. The van der Waals surface area contributed by atoms with Gasteiger partial charge in [0.25, 0.3) is 0 Å². The van der Waals surface area contributed by atoms with Gasteiger partial charge in [0, 0.05) is 10.7 Å². The third kappa shape index (κ3) is 2.71. The van der Waals surface area contributed by atoms with E-state index >= 15 is 0 Å². The molecule has 1 fully saturated rings. The van der Waals surface area contributed by atoms with E-state index in [4.69, 9.17) is 11.6 Å². The van der Waals surface area contributed by atoms with Crippen LogP contribution < -0.4 is 5.32 Å². The number of carbonyl (C=O) groups is 1. The Labute approximate surface area is 119 Å². The fourth-order valence-corrected chi connectivity index (χ4v) is 3.53. The number of anilines is 1. The minimum Gasteiger partial charge on any atom is -0.479 e. The molecule has 0 amide bonds. The maximum atomic E-state index is 11.8.